The van der Waals surface area contributed by atoms with Crippen molar-refractivity contribution in [1.29, 1.82) is 5.26 Å². The second-order valence-corrected chi connectivity index (χ2v) is 6.41. The molecule has 0 aliphatic carbocycles. The molecule has 0 unspecified atom stereocenters. The van der Waals surface area contributed by atoms with E-state index in [0.717, 1.165) is 0 Å². The van der Waals surface area contributed by atoms with Gasteiger partial charge in [0, 0.05) is 6.20 Å². The van der Waals surface area contributed by atoms with Crippen LogP contribution >= 0.6 is 0 Å². The van der Waals surface area contributed by atoms with Gasteiger partial charge in [-0.3, -0.25) is 14.3 Å². The predicted octanol–water partition coefficient (Wildman–Crippen LogP) is 4.27. The third-order valence-electron chi connectivity index (χ3n) is 4.57. The lowest BCUT2D eigenvalue weighted by atomic mass is 10.1. The van der Waals surface area contributed by atoms with E-state index in [1.165, 1.54) is 22.8 Å². The first kappa shape index (κ1) is 18.3. The minimum atomic E-state index is -0.503. The summed E-state index contributed by atoms with van der Waals surface area (Å²) in [5, 5.41) is 9.48. The number of nitrogens with zero attached hydrogens (tertiary/aromatic N) is 4. The Bertz CT molecular complexity index is 1370. The van der Waals surface area contributed by atoms with Gasteiger partial charge in [-0.15, -0.1) is 0 Å². The van der Waals surface area contributed by atoms with Crippen LogP contribution in [0.25, 0.3) is 28.7 Å². The van der Waals surface area contributed by atoms with E-state index < -0.39 is 5.82 Å². The summed E-state index contributed by atoms with van der Waals surface area (Å²) in [4.78, 5) is 22.0. The zero-order valence-corrected chi connectivity index (χ0v) is 15.5. The van der Waals surface area contributed by atoms with Crippen LogP contribution in [0.5, 0.6) is 0 Å². The van der Waals surface area contributed by atoms with Crippen LogP contribution in [-0.4, -0.2) is 14.5 Å². The Kier molecular flexibility index (Phi) is 4.71. The molecule has 2 heterocycles. The van der Waals surface area contributed by atoms with Crippen molar-refractivity contribution in [3.63, 3.8) is 0 Å². The van der Waals surface area contributed by atoms with Gasteiger partial charge in [-0.1, -0.05) is 18.2 Å². The molecule has 5 nitrogen and oxygen atoms in total. The number of rotatable bonds is 3. The van der Waals surface area contributed by atoms with Gasteiger partial charge in [0.05, 0.1) is 33.9 Å². The van der Waals surface area contributed by atoms with Gasteiger partial charge in [0.25, 0.3) is 5.56 Å². The lowest BCUT2D eigenvalue weighted by Crippen LogP contribution is -2.23. The minimum absolute atomic E-state index is 0.183. The molecular formula is C23H15FN4O. The van der Waals surface area contributed by atoms with Crippen LogP contribution in [0.15, 0.2) is 65.6 Å². The highest BCUT2D eigenvalue weighted by atomic mass is 19.1. The Hall–Kier alpha value is -4.11. The average Bonchev–Trinajstić information content (AvgIpc) is 2.74. The maximum Gasteiger partial charge on any atom is 0.266 e. The fourth-order valence-electron chi connectivity index (χ4n) is 3.14. The molecule has 0 spiro atoms. The normalized spacial score (nSPS) is 11.1. The molecule has 4 rings (SSSR count). The molecule has 29 heavy (non-hydrogen) atoms. The molecule has 0 bridgehead atoms. The number of hydrogen-bond acceptors (Lipinski definition) is 4. The van der Waals surface area contributed by atoms with Crippen LogP contribution in [0.1, 0.15) is 22.6 Å². The highest BCUT2D eigenvalue weighted by Gasteiger charge is 2.14. The Morgan fingerprint density at radius 1 is 1.10 bits per heavy atom. The van der Waals surface area contributed by atoms with E-state index in [2.05, 4.69) is 16.0 Å². The fraction of sp³-hybridized carbons (Fsp3) is 0.0435. The van der Waals surface area contributed by atoms with E-state index in [1.807, 2.05) is 12.1 Å². The topological polar surface area (TPSA) is 71.6 Å². The van der Waals surface area contributed by atoms with E-state index in [-0.39, 0.29) is 10.9 Å². The van der Waals surface area contributed by atoms with Crippen molar-refractivity contribution in [3.8, 4) is 11.8 Å². The smallest absolute Gasteiger partial charge is 0.266 e. The predicted molar refractivity (Wildman–Crippen MR) is 110 cm³/mol. The molecule has 0 radical (unpaired) electrons. The van der Waals surface area contributed by atoms with Crippen LogP contribution in [0.4, 0.5) is 4.39 Å². The number of nitriles is 1. The van der Waals surface area contributed by atoms with E-state index in [1.54, 1.807) is 49.5 Å². The Balaban J connectivity index is 2.00. The maximum atomic E-state index is 13.8. The van der Waals surface area contributed by atoms with Crippen molar-refractivity contribution in [1.82, 2.24) is 14.5 Å². The Labute approximate surface area is 166 Å². The molecule has 0 saturated heterocycles. The molecule has 6 heteroatoms. The summed E-state index contributed by atoms with van der Waals surface area (Å²) < 4.78 is 15.2. The van der Waals surface area contributed by atoms with E-state index in [4.69, 9.17) is 0 Å². The number of pyridine rings is 1. The van der Waals surface area contributed by atoms with Gasteiger partial charge in [0.15, 0.2) is 0 Å². The van der Waals surface area contributed by atoms with Crippen LogP contribution in [0.2, 0.25) is 0 Å². The van der Waals surface area contributed by atoms with Crippen molar-refractivity contribution >= 4 is 23.1 Å². The third-order valence-corrected chi connectivity index (χ3v) is 4.57. The van der Waals surface area contributed by atoms with E-state index in [9.17, 15) is 14.4 Å². The molecule has 0 fully saturated rings. The van der Waals surface area contributed by atoms with Gasteiger partial charge in [0.1, 0.15) is 11.6 Å². The van der Waals surface area contributed by atoms with Gasteiger partial charge in [-0.05, 0) is 61.0 Å². The highest BCUT2D eigenvalue weighted by Crippen LogP contribution is 2.18. The van der Waals surface area contributed by atoms with Crippen LogP contribution in [-0.2, 0) is 0 Å². The standard InChI is InChI=1S/C23H15FN4O/c1-15-21(7-4-12-26-15)28-22(11-8-16-5-2-3-6-17(16)14-25)27-20-10-9-18(24)13-19(20)23(28)29/h2-13H,1H3/b11-8+. The fourth-order valence-corrected chi connectivity index (χ4v) is 3.14. The van der Waals surface area contributed by atoms with Gasteiger partial charge in [-0.2, -0.15) is 5.26 Å². The Morgan fingerprint density at radius 2 is 1.93 bits per heavy atom. The largest absolute Gasteiger partial charge is 0.268 e. The summed E-state index contributed by atoms with van der Waals surface area (Å²) in [7, 11) is 0. The molecule has 0 aliphatic heterocycles. The number of aryl methyl sites for hydroxylation is 1. The first-order chi connectivity index (χ1) is 14.1. The molecule has 0 amide bonds. The molecule has 0 atom stereocenters. The number of fused-ring (bicyclic) bond motifs is 1. The van der Waals surface area contributed by atoms with Gasteiger partial charge in [-0.25, -0.2) is 9.37 Å². The molecule has 0 aliphatic rings. The zero-order chi connectivity index (χ0) is 20.4. The van der Waals surface area contributed by atoms with E-state index >= 15 is 0 Å². The number of halogens is 1. The summed E-state index contributed by atoms with van der Waals surface area (Å²) >= 11 is 0. The highest BCUT2D eigenvalue weighted by molar-refractivity contribution is 5.80. The zero-order valence-electron chi connectivity index (χ0n) is 15.5. The van der Waals surface area contributed by atoms with Gasteiger partial charge < -0.3 is 0 Å². The number of hydrogen-bond donors (Lipinski definition) is 0. The lowest BCUT2D eigenvalue weighted by Gasteiger charge is -2.13. The summed E-state index contributed by atoms with van der Waals surface area (Å²) in [6.45, 7) is 1.79. The second kappa shape index (κ2) is 7.49. The quantitative estimate of drug-likeness (QED) is 0.530. The first-order valence-electron chi connectivity index (χ1n) is 8.90. The van der Waals surface area contributed by atoms with Crippen molar-refractivity contribution < 1.29 is 4.39 Å². The second-order valence-electron chi connectivity index (χ2n) is 6.41. The summed E-state index contributed by atoms with van der Waals surface area (Å²) in [6.07, 6.45) is 5.04. The number of aromatic nitrogens is 3. The molecule has 0 saturated carbocycles. The summed E-state index contributed by atoms with van der Waals surface area (Å²) in [5.41, 5.74) is 2.42. The van der Waals surface area contributed by atoms with Crippen LogP contribution in [0, 0.1) is 24.1 Å². The van der Waals surface area contributed by atoms with Gasteiger partial charge >= 0.3 is 0 Å². The summed E-state index contributed by atoms with van der Waals surface area (Å²) in [6, 6.07) is 16.7. The molecule has 2 aromatic heterocycles. The van der Waals surface area contributed by atoms with E-state index in [0.29, 0.717) is 33.8 Å². The monoisotopic (exact) mass is 382 g/mol. The SMILES string of the molecule is Cc1ncccc1-n1c(/C=C/c2ccccc2C#N)nc2ccc(F)cc2c1=O. The van der Waals surface area contributed by atoms with Crippen molar-refractivity contribution in [3.05, 3.63) is 99.6 Å². The average molecular weight is 382 g/mol. The van der Waals surface area contributed by atoms with Gasteiger partial charge in [0.2, 0.25) is 0 Å². The van der Waals surface area contributed by atoms with Crippen LogP contribution < -0.4 is 5.56 Å². The lowest BCUT2D eigenvalue weighted by molar-refractivity contribution is 0.629. The molecular weight excluding hydrogens is 367 g/mol. The third kappa shape index (κ3) is 3.42. The molecule has 4 aromatic rings. The van der Waals surface area contributed by atoms with Crippen molar-refractivity contribution in [2.75, 3.05) is 0 Å². The van der Waals surface area contributed by atoms with Crippen LogP contribution in [0.3, 0.4) is 0 Å². The summed E-state index contributed by atoms with van der Waals surface area (Å²) in [5.74, 6) is -0.143. The maximum absolute atomic E-state index is 13.8. The first-order valence-corrected chi connectivity index (χ1v) is 8.90. The Morgan fingerprint density at radius 3 is 2.72 bits per heavy atom. The van der Waals surface area contributed by atoms with Crippen molar-refractivity contribution in [2.45, 2.75) is 6.92 Å². The molecule has 2 aromatic carbocycles. The van der Waals surface area contributed by atoms with Crippen molar-refractivity contribution in [2.24, 2.45) is 0 Å². The molecule has 0 N–H and O–H groups in total. The minimum Gasteiger partial charge on any atom is -0.268 e. The molecule has 140 valence electrons. The number of benzene rings is 2.